The number of rotatable bonds is 6. The van der Waals surface area contributed by atoms with Crippen molar-refractivity contribution in [1.29, 1.82) is 5.26 Å². The van der Waals surface area contributed by atoms with Gasteiger partial charge in [-0.05, 0) is 35.6 Å². The van der Waals surface area contributed by atoms with E-state index in [1.165, 1.54) is 11.1 Å². The van der Waals surface area contributed by atoms with Crippen LogP contribution < -0.4 is 0 Å². The van der Waals surface area contributed by atoms with Gasteiger partial charge in [-0.15, -0.1) is 0 Å². The molecule has 0 heterocycles. The summed E-state index contributed by atoms with van der Waals surface area (Å²) in [6, 6.07) is 20.9. The molecule has 2 nitrogen and oxygen atoms in total. The van der Waals surface area contributed by atoms with E-state index >= 15 is 0 Å². The summed E-state index contributed by atoms with van der Waals surface area (Å²) >= 11 is 5.96. The van der Waals surface area contributed by atoms with E-state index < -0.39 is 0 Å². The SMILES string of the molecule is N#C[C@@H]1C[C@@H]1CN(Cc1ccccc1)Cc1ccc(Cl)cc1. The third-order valence-electron chi connectivity index (χ3n) is 4.15. The molecule has 1 saturated carbocycles. The minimum absolute atomic E-state index is 0.253. The molecule has 0 aromatic heterocycles. The zero-order valence-corrected chi connectivity index (χ0v) is 13.2. The Balaban J connectivity index is 1.68. The molecule has 0 unspecified atom stereocenters. The molecule has 2 atom stereocenters. The number of hydrogen-bond acceptors (Lipinski definition) is 2. The van der Waals surface area contributed by atoms with Crippen molar-refractivity contribution in [3.8, 4) is 6.07 Å². The van der Waals surface area contributed by atoms with Crippen molar-refractivity contribution >= 4 is 11.6 Å². The van der Waals surface area contributed by atoms with E-state index in [0.717, 1.165) is 31.1 Å². The standard InChI is InChI=1S/C19H19ClN2/c20-19-8-6-16(7-9-19)13-22(14-18-10-17(18)11-21)12-15-4-2-1-3-5-15/h1-9,17-18H,10,12-14H2/t17-,18+/m0/s1. The van der Waals surface area contributed by atoms with Crippen LogP contribution in [-0.2, 0) is 13.1 Å². The molecule has 1 aliphatic carbocycles. The minimum Gasteiger partial charge on any atom is -0.295 e. The van der Waals surface area contributed by atoms with Crippen molar-refractivity contribution in [3.05, 3.63) is 70.7 Å². The Morgan fingerprint density at radius 2 is 1.64 bits per heavy atom. The Kier molecular flexibility index (Phi) is 4.77. The highest BCUT2D eigenvalue weighted by Crippen LogP contribution is 2.38. The van der Waals surface area contributed by atoms with Gasteiger partial charge in [0, 0.05) is 24.7 Å². The maximum Gasteiger partial charge on any atom is 0.0659 e. The Morgan fingerprint density at radius 1 is 1.00 bits per heavy atom. The molecule has 0 radical (unpaired) electrons. The molecule has 22 heavy (non-hydrogen) atoms. The molecule has 0 amide bonds. The molecule has 0 bridgehead atoms. The smallest absolute Gasteiger partial charge is 0.0659 e. The summed E-state index contributed by atoms with van der Waals surface area (Å²) in [6.07, 6.45) is 1.04. The highest BCUT2D eigenvalue weighted by Gasteiger charge is 2.38. The quantitative estimate of drug-likeness (QED) is 0.785. The number of halogens is 1. The van der Waals surface area contributed by atoms with Gasteiger partial charge in [0.25, 0.3) is 0 Å². The summed E-state index contributed by atoms with van der Waals surface area (Å²) in [6.45, 7) is 2.79. The molecule has 1 aliphatic rings. The second-order valence-electron chi connectivity index (χ2n) is 6.01. The Hall–Kier alpha value is -1.82. The molecule has 0 aliphatic heterocycles. The zero-order chi connectivity index (χ0) is 15.4. The van der Waals surface area contributed by atoms with Gasteiger partial charge in [-0.3, -0.25) is 4.90 Å². The van der Waals surface area contributed by atoms with Crippen molar-refractivity contribution in [3.63, 3.8) is 0 Å². The van der Waals surface area contributed by atoms with Crippen LogP contribution >= 0.6 is 11.6 Å². The fourth-order valence-electron chi connectivity index (χ4n) is 2.81. The van der Waals surface area contributed by atoms with E-state index in [0.29, 0.717) is 5.92 Å². The third-order valence-corrected chi connectivity index (χ3v) is 4.40. The van der Waals surface area contributed by atoms with E-state index in [9.17, 15) is 0 Å². The van der Waals surface area contributed by atoms with Crippen LogP contribution in [0.25, 0.3) is 0 Å². The summed E-state index contributed by atoms with van der Waals surface area (Å²) in [5.41, 5.74) is 2.57. The molecule has 112 valence electrons. The highest BCUT2D eigenvalue weighted by molar-refractivity contribution is 6.30. The van der Waals surface area contributed by atoms with Crippen LogP contribution in [0.3, 0.4) is 0 Å². The topological polar surface area (TPSA) is 27.0 Å². The minimum atomic E-state index is 0.253. The van der Waals surface area contributed by atoms with Gasteiger partial charge in [-0.25, -0.2) is 0 Å². The van der Waals surface area contributed by atoms with Gasteiger partial charge in [0.1, 0.15) is 0 Å². The zero-order valence-electron chi connectivity index (χ0n) is 12.5. The lowest BCUT2D eigenvalue weighted by Gasteiger charge is -2.22. The molecule has 1 fully saturated rings. The van der Waals surface area contributed by atoms with Gasteiger partial charge in [-0.1, -0.05) is 54.1 Å². The molecule has 0 spiro atoms. The lowest BCUT2D eigenvalue weighted by atomic mass is 10.1. The van der Waals surface area contributed by atoms with Crippen molar-refractivity contribution in [2.24, 2.45) is 11.8 Å². The van der Waals surface area contributed by atoms with Crippen LogP contribution in [0.4, 0.5) is 0 Å². The highest BCUT2D eigenvalue weighted by atomic mass is 35.5. The van der Waals surface area contributed by atoms with Gasteiger partial charge in [0.15, 0.2) is 0 Å². The van der Waals surface area contributed by atoms with Crippen molar-refractivity contribution < 1.29 is 0 Å². The first-order chi connectivity index (χ1) is 10.7. The molecule has 3 heteroatoms. The van der Waals surface area contributed by atoms with Gasteiger partial charge in [-0.2, -0.15) is 5.26 Å². The van der Waals surface area contributed by atoms with Gasteiger partial charge < -0.3 is 0 Å². The lowest BCUT2D eigenvalue weighted by Crippen LogP contribution is -2.25. The number of benzene rings is 2. The number of nitrogens with zero attached hydrogens (tertiary/aromatic N) is 2. The molecule has 2 aromatic carbocycles. The fourth-order valence-corrected chi connectivity index (χ4v) is 2.94. The summed E-state index contributed by atoms with van der Waals surface area (Å²) < 4.78 is 0. The van der Waals surface area contributed by atoms with Crippen molar-refractivity contribution in [2.45, 2.75) is 19.5 Å². The fraction of sp³-hybridized carbons (Fsp3) is 0.316. The van der Waals surface area contributed by atoms with Crippen molar-refractivity contribution in [2.75, 3.05) is 6.54 Å². The average Bonchev–Trinajstić information content (AvgIpc) is 3.29. The van der Waals surface area contributed by atoms with Gasteiger partial charge >= 0.3 is 0 Å². The average molecular weight is 311 g/mol. The van der Waals surface area contributed by atoms with Crippen LogP contribution in [-0.4, -0.2) is 11.4 Å². The van der Waals surface area contributed by atoms with Crippen molar-refractivity contribution in [1.82, 2.24) is 4.90 Å². The van der Waals surface area contributed by atoms with Crippen LogP contribution in [0.5, 0.6) is 0 Å². The summed E-state index contributed by atoms with van der Waals surface area (Å²) in [7, 11) is 0. The Bertz CT molecular complexity index is 645. The Labute approximate surface area is 136 Å². The van der Waals surface area contributed by atoms with Gasteiger partial charge in [0.2, 0.25) is 0 Å². The third kappa shape index (κ3) is 4.10. The van der Waals surface area contributed by atoms with E-state index in [-0.39, 0.29) is 5.92 Å². The second kappa shape index (κ2) is 6.96. The number of nitriles is 1. The van der Waals surface area contributed by atoms with E-state index in [1.54, 1.807) is 0 Å². The van der Waals surface area contributed by atoms with E-state index in [4.69, 9.17) is 16.9 Å². The first kappa shape index (κ1) is 15.1. The number of hydrogen-bond donors (Lipinski definition) is 0. The largest absolute Gasteiger partial charge is 0.295 e. The maximum absolute atomic E-state index is 9.02. The van der Waals surface area contributed by atoms with Gasteiger partial charge in [0.05, 0.1) is 12.0 Å². The molecule has 0 saturated heterocycles. The molecular weight excluding hydrogens is 292 g/mol. The van der Waals surface area contributed by atoms with Crippen LogP contribution in [0.1, 0.15) is 17.5 Å². The molecular formula is C19H19ClN2. The molecule has 0 N–H and O–H groups in total. The molecule has 3 rings (SSSR count). The normalized spacial score (nSPS) is 19.9. The molecule has 2 aromatic rings. The van der Waals surface area contributed by atoms with E-state index in [2.05, 4.69) is 47.4 Å². The summed E-state index contributed by atoms with van der Waals surface area (Å²) in [4.78, 5) is 2.43. The van der Waals surface area contributed by atoms with Crippen LogP contribution in [0.2, 0.25) is 5.02 Å². The first-order valence-corrected chi connectivity index (χ1v) is 8.03. The van der Waals surface area contributed by atoms with Crippen LogP contribution in [0, 0.1) is 23.2 Å². The predicted octanol–water partition coefficient (Wildman–Crippen LogP) is 4.50. The summed E-state index contributed by atoms with van der Waals surface area (Å²) in [5, 5.41) is 9.78. The van der Waals surface area contributed by atoms with E-state index in [1.807, 2.05) is 18.2 Å². The maximum atomic E-state index is 9.02. The lowest BCUT2D eigenvalue weighted by molar-refractivity contribution is 0.243. The monoisotopic (exact) mass is 310 g/mol. The van der Waals surface area contributed by atoms with Crippen LogP contribution in [0.15, 0.2) is 54.6 Å². The predicted molar refractivity (Wildman–Crippen MR) is 89.2 cm³/mol. The second-order valence-corrected chi connectivity index (χ2v) is 6.45. The Morgan fingerprint density at radius 3 is 2.23 bits per heavy atom. The first-order valence-electron chi connectivity index (χ1n) is 7.65. The summed E-state index contributed by atoms with van der Waals surface area (Å²) in [5.74, 6) is 0.782.